The van der Waals surface area contributed by atoms with E-state index in [0.29, 0.717) is 24.7 Å². The van der Waals surface area contributed by atoms with E-state index in [1.54, 1.807) is 0 Å². The molecule has 1 aliphatic carbocycles. The number of urea groups is 1. The molecule has 4 rings (SSSR count). The standard InChI is InChI=1S/C26H38N4O2/c1-4-29-12-8-11-22(29)17-30(26(32)27-21-9-6-5-7-10-21)16-20-15-23-19(3)13-18(2)14-24(23)28-25(20)31/h13-15,21-22H,4-12,16-17H2,1-3H3,(H,27,32)(H,28,31)/t22-/m1/s1. The maximum atomic E-state index is 13.4. The zero-order valence-corrected chi connectivity index (χ0v) is 19.9. The smallest absolute Gasteiger partial charge is 0.317 e. The highest BCUT2D eigenvalue weighted by Crippen LogP contribution is 2.22. The average molecular weight is 439 g/mol. The number of aromatic nitrogens is 1. The normalized spacial score (nSPS) is 20.0. The Labute approximate surface area is 191 Å². The van der Waals surface area contributed by atoms with Crippen LogP contribution < -0.4 is 10.9 Å². The molecule has 2 heterocycles. The second-order valence-electron chi connectivity index (χ2n) is 9.76. The zero-order valence-electron chi connectivity index (χ0n) is 19.9. The summed E-state index contributed by atoms with van der Waals surface area (Å²) in [6.07, 6.45) is 8.01. The molecule has 174 valence electrons. The van der Waals surface area contributed by atoms with Gasteiger partial charge in [0, 0.05) is 35.1 Å². The molecular formula is C26H38N4O2. The second kappa shape index (κ2) is 10.1. The molecule has 0 radical (unpaired) electrons. The van der Waals surface area contributed by atoms with Crippen LogP contribution in [0.3, 0.4) is 0 Å². The minimum Gasteiger partial charge on any atom is -0.335 e. The first-order chi connectivity index (χ1) is 15.4. The van der Waals surface area contributed by atoms with Gasteiger partial charge in [0.15, 0.2) is 0 Å². The lowest BCUT2D eigenvalue weighted by atomic mass is 9.96. The Hall–Kier alpha value is -2.34. The van der Waals surface area contributed by atoms with Crippen LogP contribution in [0, 0.1) is 13.8 Å². The van der Waals surface area contributed by atoms with Gasteiger partial charge in [-0.05, 0) is 75.9 Å². The number of rotatable bonds is 6. The molecule has 0 unspecified atom stereocenters. The van der Waals surface area contributed by atoms with Crippen LogP contribution in [0.4, 0.5) is 4.79 Å². The average Bonchev–Trinajstić information content (AvgIpc) is 3.22. The van der Waals surface area contributed by atoms with Gasteiger partial charge in [0.25, 0.3) is 5.56 Å². The number of pyridine rings is 1. The molecule has 0 spiro atoms. The lowest BCUT2D eigenvalue weighted by Gasteiger charge is -2.32. The van der Waals surface area contributed by atoms with Gasteiger partial charge in [0.2, 0.25) is 0 Å². The Morgan fingerprint density at radius 2 is 1.91 bits per heavy atom. The van der Waals surface area contributed by atoms with E-state index in [1.807, 2.05) is 24.0 Å². The lowest BCUT2D eigenvalue weighted by molar-refractivity contribution is 0.159. The summed E-state index contributed by atoms with van der Waals surface area (Å²) in [5.41, 5.74) is 3.69. The quantitative estimate of drug-likeness (QED) is 0.699. The molecule has 1 aromatic carbocycles. The van der Waals surface area contributed by atoms with Crippen LogP contribution in [0.15, 0.2) is 23.0 Å². The first-order valence-electron chi connectivity index (χ1n) is 12.4. The van der Waals surface area contributed by atoms with E-state index in [0.717, 1.165) is 54.4 Å². The molecular weight excluding hydrogens is 400 g/mol. The van der Waals surface area contributed by atoms with E-state index in [-0.39, 0.29) is 17.6 Å². The summed E-state index contributed by atoms with van der Waals surface area (Å²) in [6, 6.07) is 6.72. The number of amides is 2. The number of aromatic amines is 1. The fourth-order valence-electron chi connectivity index (χ4n) is 5.54. The monoisotopic (exact) mass is 438 g/mol. The first-order valence-corrected chi connectivity index (χ1v) is 12.4. The van der Waals surface area contributed by atoms with Crippen LogP contribution in [-0.4, -0.2) is 52.5 Å². The van der Waals surface area contributed by atoms with Crippen molar-refractivity contribution in [2.24, 2.45) is 0 Å². The number of H-pyrrole nitrogens is 1. The van der Waals surface area contributed by atoms with Crippen LogP contribution in [-0.2, 0) is 6.54 Å². The number of aryl methyl sites for hydroxylation is 2. The summed E-state index contributed by atoms with van der Waals surface area (Å²) in [7, 11) is 0. The molecule has 2 amide bonds. The van der Waals surface area contributed by atoms with Crippen LogP contribution in [0.1, 0.15) is 68.6 Å². The first kappa shape index (κ1) is 22.8. The summed E-state index contributed by atoms with van der Waals surface area (Å²) in [5, 5.41) is 4.33. The number of fused-ring (bicyclic) bond motifs is 1. The molecule has 1 aromatic heterocycles. The highest BCUT2D eigenvalue weighted by molar-refractivity contribution is 5.83. The van der Waals surface area contributed by atoms with Gasteiger partial charge in [-0.15, -0.1) is 0 Å². The van der Waals surface area contributed by atoms with Crippen molar-refractivity contribution in [1.82, 2.24) is 20.1 Å². The van der Waals surface area contributed by atoms with Crippen molar-refractivity contribution >= 4 is 16.9 Å². The van der Waals surface area contributed by atoms with E-state index in [2.05, 4.69) is 35.1 Å². The predicted molar refractivity (Wildman–Crippen MR) is 130 cm³/mol. The van der Waals surface area contributed by atoms with Gasteiger partial charge in [-0.2, -0.15) is 0 Å². The van der Waals surface area contributed by atoms with Gasteiger partial charge in [-0.25, -0.2) is 4.79 Å². The molecule has 32 heavy (non-hydrogen) atoms. The lowest BCUT2D eigenvalue weighted by Crippen LogP contribution is -2.50. The van der Waals surface area contributed by atoms with Crippen molar-refractivity contribution < 1.29 is 4.79 Å². The maximum Gasteiger partial charge on any atom is 0.317 e. The fourth-order valence-corrected chi connectivity index (χ4v) is 5.54. The van der Waals surface area contributed by atoms with E-state index in [4.69, 9.17) is 0 Å². The SMILES string of the molecule is CCN1CCC[C@@H]1CN(Cc1cc2c(C)cc(C)cc2[nH]c1=O)C(=O)NC1CCCCC1. The number of nitrogens with one attached hydrogen (secondary N) is 2. The predicted octanol–water partition coefficient (Wildman–Crippen LogP) is 4.47. The van der Waals surface area contributed by atoms with E-state index >= 15 is 0 Å². The summed E-state index contributed by atoms with van der Waals surface area (Å²) in [4.78, 5) is 33.7. The van der Waals surface area contributed by atoms with Crippen LogP contribution in [0.25, 0.3) is 10.9 Å². The van der Waals surface area contributed by atoms with E-state index in [1.165, 1.54) is 25.7 Å². The third-order valence-corrected chi connectivity index (χ3v) is 7.31. The summed E-state index contributed by atoms with van der Waals surface area (Å²) >= 11 is 0. The molecule has 2 aromatic rings. The Morgan fingerprint density at radius 1 is 1.12 bits per heavy atom. The molecule has 6 nitrogen and oxygen atoms in total. The van der Waals surface area contributed by atoms with Crippen molar-refractivity contribution in [2.45, 2.75) is 84.3 Å². The van der Waals surface area contributed by atoms with Gasteiger partial charge < -0.3 is 15.2 Å². The number of benzene rings is 1. The Morgan fingerprint density at radius 3 is 2.66 bits per heavy atom. The van der Waals surface area contributed by atoms with Crippen molar-refractivity contribution in [3.8, 4) is 0 Å². The van der Waals surface area contributed by atoms with Crippen molar-refractivity contribution in [3.63, 3.8) is 0 Å². The summed E-state index contributed by atoms with van der Waals surface area (Å²) in [6.45, 7) is 9.39. The number of hydrogen-bond acceptors (Lipinski definition) is 3. The molecule has 1 aliphatic heterocycles. The van der Waals surface area contributed by atoms with Crippen molar-refractivity contribution in [1.29, 1.82) is 0 Å². The molecule has 0 bridgehead atoms. The zero-order chi connectivity index (χ0) is 22.7. The third kappa shape index (κ3) is 5.17. The number of likely N-dealkylation sites (N-methyl/N-ethyl adjacent to an activating group) is 1. The fraction of sp³-hybridized carbons (Fsp3) is 0.615. The van der Waals surface area contributed by atoms with Crippen LogP contribution in [0.2, 0.25) is 0 Å². The van der Waals surface area contributed by atoms with Crippen molar-refractivity contribution in [2.75, 3.05) is 19.6 Å². The van der Waals surface area contributed by atoms with Crippen LogP contribution in [0.5, 0.6) is 0 Å². The molecule has 6 heteroatoms. The number of carbonyl (C=O) groups excluding carboxylic acids is 1. The van der Waals surface area contributed by atoms with Gasteiger partial charge in [-0.3, -0.25) is 9.69 Å². The summed E-state index contributed by atoms with van der Waals surface area (Å²) in [5.74, 6) is 0. The van der Waals surface area contributed by atoms with Gasteiger partial charge >= 0.3 is 6.03 Å². The molecule has 1 saturated carbocycles. The van der Waals surface area contributed by atoms with Crippen molar-refractivity contribution in [3.05, 3.63) is 45.2 Å². The van der Waals surface area contributed by atoms with Gasteiger partial charge in [-0.1, -0.05) is 32.3 Å². The molecule has 2 aliphatic rings. The number of hydrogen-bond donors (Lipinski definition) is 2. The third-order valence-electron chi connectivity index (χ3n) is 7.31. The van der Waals surface area contributed by atoms with Crippen LogP contribution >= 0.6 is 0 Å². The Balaban J connectivity index is 1.59. The van der Waals surface area contributed by atoms with E-state index in [9.17, 15) is 9.59 Å². The highest BCUT2D eigenvalue weighted by atomic mass is 16.2. The molecule has 2 N–H and O–H groups in total. The number of nitrogens with zero attached hydrogens (tertiary/aromatic N) is 2. The van der Waals surface area contributed by atoms with E-state index < -0.39 is 0 Å². The number of carbonyl (C=O) groups is 1. The molecule has 2 fully saturated rings. The number of likely N-dealkylation sites (tertiary alicyclic amines) is 1. The maximum absolute atomic E-state index is 13.4. The topological polar surface area (TPSA) is 68.4 Å². The minimum absolute atomic E-state index is 0.0278. The van der Waals surface area contributed by atoms with Gasteiger partial charge in [0.1, 0.15) is 0 Å². The summed E-state index contributed by atoms with van der Waals surface area (Å²) < 4.78 is 0. The molecule has 1 atom stereocenters. The highest BCUT2D eigenvalue weighted by Gasteiger charge is 2.29. The molecule has 1 saturated heterocycles. The largest absolute Gasteiger partial charge is 0.335 e. The second-order valence-corrected chi connectivity index (χ2v) is 9.76. The Bertz CT molecular complexity index is 1010. The minimum atomic E-state index is -0.100. The Kier molecular flexibility index (Phi) is 7.19. The van der Waals surface area contributed by atoms with Gasteiger partial charge in [0.05, 0.1) is 6.54 Å².